The Balaban J connectivity index is 0.000000474. The van der Waals surface area contributed by atoms with E-state index in [9.17, 15) is 9.18 Å². The number of amides is 1. The number of nitrogens with zero attached hydrogens (tertiary/aromatic N) is 2. The van der Waals surface area contributed by atoms with E-state index >= 15 is 0 Å². The number of aryl methyl sites for hydroxylation is 3. The second-order valence-corrected chi connectivity index (χ2v) is 9.93. The molecule has 1 unspecified atom stereocenters. The van der Waals surface area contributed by atoms with Crippen LogP contribution in [0.5, 0.6) is 0 Å². The third-order valence-electron chi connectivity index (χ3n) is 6.77. The van der Waals surface area contributed by atoms with Gasteiger partial charge in [0.25, 0.3) is 0 Å². The minimum Gasteiger partial charge on any atom is -0.353 e. The monoisotopic (exact) mass is 455 g/mol. The Morgan fingerprint density at radius 3 is 2.48 bits per heavy atom. The summed E-state index contributed by atoms with van der Waals surface area (Å²) in [5.41, 5.74) is 5.48. The Morgan fingerprint density at radius 2 is 1.88 bits per heavy atom. The lowest BCUT2D eigenvalue weighted by molar-refractivity contribution is -0.122. The molecule has 5 heteroatoms. The van der Waals surface area contributed by atoms with Gasteiger partial charge < -0.3 is 5.32 Å². The molecule has 1 amide bonds. The molecule has 1 aromatic carbocycles. The number of rotatable bonds is 5. The van der Waals surface area contributed by atoms with Crippen LogP contribution in [0.4, 0.5) is 4.39 Å². The topological polar surface area (TPSA) is 54.4 Å². The molecule has 4 rings (SSSR count). The standard InChI is InChI=1S/C20H29N3O.C8H9F.2H2/c1-13-4-7-16(23-19(24)10-15-5-6-15)11-17(13)20-18(12-21-3)14(2)8-9-22-20;1-6-3-7(2)5-8(9)4-6;;/h8-9,12-13,15-17H,4-7,10-11H2,1-3H3,(H,23,24);3-5H,1-2H3;2*1H/t13-,16+,17?;;;/m0.../s1. The number of hydrogen-bond donors (Lipinski definition) is 1. The molecular formula is C28H42FN3O. The van der Waals surface area contributed by atoms with E-state index in [2.05, 4.69) is 24.2 Å². The summed E-state index contributed by atoms with van der Waals surface area (Å²) in [6.45, 7) is 8.19. The molecule has 0 radical (unpaired) electrons. The number of benzene rings is 1. The number of pyridine rings is 1. The van der Waals surface area contributed by atoms with E-state index in [1.165, 1.54) is 30.5 Å². The first kappa shape index (κ1) is 25.1. The van der Waals surface area contributed by atoms with Crippen LogP contribution in [-0.2, 0) is 4.79 Å². The van der Waals surface area contributed by atoms with Gasteiger partial charge in [-0.05, 0) is 99.6 Å². The fourth-order valence-electron chi connectivity index (χ4n) is 4.81. The van der Waals surface area contributed by atoms with Gasteiger partial charge in [-0.25, -0.2) is 4.39 Å². The fraction of sp³-hybridized carbons (Fsp3) is 0.536. The van der Waals surface area contributed by atoms with Crippen LogP contribution < -0.4 is 5.32 Å². The molecule has 2 aromatic rings. The highest BCUT2D eigenvalue weighted by Crippen LogP contribution is 2.39. The van der Waals surface area contributed by atoms with Gasteiger partial charge in [-0.1, -0.05) is 13.0 Å². The van der Waals surface area contributed by atoms with Crippen molar-refractivity contribution in [2.75, 3.05) is 7.05 Å². The van der Waals surface area contributed by atoms with Crippen molar-refractivity contribution in [1.82, 2.24) is 10.3 Å². The summed E-state index contributed by atoms with van der Waals surface area (Å²) in [6, 6.07) is 7.32. The maximum absolute atomic E-state index is 12.4. The third-order valence-corrected chi connectivity index (χ3v) is 6.77. The summed E-state index contributed by atoms with van der Waals surface area (Å²) < 4.78 is 12.4. The number of halogens is 1. The van der Waals surface area contributed by atoms with Crippen LogP contribution in [0.15, 0.2) is 35.5 Å². The lowest BCUT2D eigenvalue weighted by Gasteiger charge is -2.35. The Hall–Kier alpha value is -2.56. The second-order valence-electron chi connectivity index (χ2n) is 9.93. The van der Waals surface area contributed by atoms with E-state index in [1.807, 2.05) is 38.4 Å². The molecule has 2 aliphatic carbocycles. The van der Waals surface area contributed by atoms with E-state index < -0.39 is 0 Å². The molecule has 2 saturated carbocycles. The first-order chi connectivity index (χ1) is 15.8. The van der Waals surface area contributed by atoms with Gasteiger partial charge >= 0.3 is 0 Å². The largest absolute Gasteiger partial charge is 0.353 e. The second kappa shape index (κ2) is 11.5. The molecule has 2 aliphatic rings. The van der Waals surface area contributed by atoms with Crippen molar-refractivity contribution in [3.05, 3.63) is 64.2 Å². The molecule has 2 fully saturated rings. The maximum atomic E-state index is 12.4. The zero-order valence-corrected chi connectivity index (χ0v) is 20.7. The number of nitrogens with one attached hydrogen (secondary N) is 1. The molecule has 3 atom stereocenters. The van der Waals surface area contributed by atoms with Crippen LogP contribution in [0, 0.1) is 38.4 Å². The van der Waals surface area contributed by atoms with E-state index in [1.54, 1.807) is 7.05 Å². The molecule has 1 N–H and O–H groups in total. The van der Waals surface area contributed by atoms with Gasteiger partial charge in [-0.15, -0.1) is 0 Å². The van der Waals surface area contributed by atoms with E-state index in [-0.39, 0.29) is 20.6 Å². The van der Waals surface area contributed by atoms with Crippen molar-refractivity contribution in [2.45, 2.75) is 78.2 Å². The summed E-state index contributed by atoms with van der Waals surface area (Å²) in [4.78, 5) is 21.1. The minimum atomic E-state index is -0.146. The Labute approximate surface area is 201 Å². The Bertz CT molecular complexity index is 944. The summed E-state index contributed by atoms with van der Waals surface area (Å²) in [5, 5.41) is 3.28. The van der Waals surface area contributed by atoms with Gasteiger partial charge in [-0.3, -0.25) is 14.8 Å². The highest BCUT2D eigenvalue weighted by Gasteiger charge is 2.33. The first-order valence-corrected chi connectivity index (χ1v) is 12.2. The molecule has 4 nitrogen and oxygen atoms in total. The normalized spacial score (nSPS) is 22.5. The van der Waals surface area contributed by atoms with E-state index in [0.717, 1.165) is 41.6 Å². The van der Waals surface area contributed by atoms with Crippen molar-refractivity contribution in [1.29, 1.82) is 0 Å². The van der Waals surface area contributed by atoms with Gasteiger partial charge in [0.1, 0.15) is 5.82 Å². The van der Waals surface area contributed by atoms with Crippen LogP contribution >= 0.6 is 0 Å². The van der Waals surface area contributed by atoms with Crippen LogP contribution in [0.1, 0.15) is 82.2 Å². The lowest BCUT2D eigenvalue weighted by atomic mass is 9.74. The number of aliphatic imine (C=N–C) groups is 1. The van der Waals surface area contributed by atoms with Gasteiger partial charge in [0.2, 0.25) is 5.91 Å². The van der Waals surface area contributed by atoms with Crippen molar-refractivity contribution >= 4 is 12.1 Å². The lowest BCUT2D eigenvalue weighted by Crippen LogP contribution is -2.40. The van der Waals surface area contributed by atoms with Crippen LogP contribution in [0.25, 0.3) is 0 Å². The number of carbonyl (C=O) groups excluding carboxylic acids is 1. The average Bonchev–Trinajstić information content (AvgIpc) is 3.54. The zero-order valence-electron chi connectivity index (χ0n) is 20.7. The summed E-state index contributed by atoms with van der Waals surface area (Å²) in [7, 11) is 1.81. The van der Waals surface area contributed by atoms with Crippen LogP contribution in [0.2, 0.25) is 0 Å². The van der Waals surface area contributed by atoms with Crippen LogP contribution in [0.3, 0.4) is 0 Å². The Kier molecular flexibility index (Phi) is 8.76. The molecule has 0 bridgehead atoms. The van der Waals surface area contributed by atoms with Crippen molar-refractivity contribution in [3.8, 4) is 0 Å². The number of hydrogen-bond acceptors (Lipinski definition) is 3. The first-order valence-electron chi connectivity index (χ1n) is 12.2. The Morgan fingerprint density at radius 1 is 1.18 bits per heavy atom. The fourth-order valence-corrected chi connectivity index (χ4v) is 4.81. The van der Waals surface area contributed by atoms with Gasteiger partial charge in [0.15, 0.2) is 0 Å². The smallest absolute Gasteiger partial charge is 0.220 e. The van der Waals surface area contributed by atoms with Gasteiger partial charge in [-0.2, -0.15) is 0 Å². The molecule has 0 aliphatic heterocycles. The highest BCUT2D eigenvalue weighted by atomic mass is 19.1. The molecule has 0 spiro atoms. The maximum Gasteiger partial charge on any atom is 0.220 e. The van der Waals surface area contributed by atoms with Crippen LogP contribution in [-0.4, -0.2) is 30.2 Å². The average molecular weight is 456 g/mol. The van der Waals surface area contributed by atoms with E-state index in [4.69, 9.17) is 4.98 Å². The quantitative estimate of drug-likeness (QED) is 0.519. The minimum absolute atomic E-state index is 0. The molecular weight excluding hydrogens is 413 g/mol. The highest BCUT2D eigenvalue weighted by molar-refractivity contribution is 5.83. The van der Waals surface area contributed by atoms with Crippen molar-refractivity contribution in [2.24, 2.45) is 16.8 Å². The predicted octanol–water partition coefficient (Wildman–Crippen LogP) is 6.56. The SMILES string of the molecule is CN=Cc1c(C)ccnc1C1C[C@H](NC(=O)CC2CC2)CC[C@@H]1C.Cc1cc(C)cc(F)c1.[HH].[HH]. The number of carbonyl (C=O) groups is 1. The number of aromatic nitrogens is 1. The predicted molar refractivity (Wildman–Crippen MR) is 138 cm³/mol. The van der Waals surface area contributed by atoms with Crippen molar-refractivity contribution in [3.63, 3.8) is 0 Å². The molecule has 1 aromatic heterocycles. The van der Waals surface area contributed by atoms with E-state index in [0.29, 0.717) is 24.2 Å². The molecule has 33 heavy (non-hydrogen) atoms. The molecule has 0 saturated heterocycles. The molecule has 182 valence electrons. The summed E-state index contributed by atoms with van der Waals surface area (Å²) >= 11 is 0. The summed E-state index contributed by atoms with van der Waals surface area (Å²) in [6.07, 6.45) is 10.2. The third kappa shape index (κ3) is 7.48. The van der Waals surface area contributed by atoms with Crippen molar-refractivity contribution < 1.29 is 12.0 Å². The van der Waals surface area contributed by atoms with Gasteiger partial charge in [0, 0.05) is 46.3 Å². The zero-order chi connectivity index (χ0) is 24.0. The molecule has 1 heterocycles. The summed E-state index contributed by atoms with van der Waals surface area (Å²) in [5.74, 6) is 1.71. The van der Waals surface area contributed by atoms with Gasteiger partial charge in [0.05, 0.1) is 5.69 Å².